The zero-order valence-electron chi connectivity index (χ0n) is 9.46. The Morgan fingerprint density at radius 3 is 2.60 bits per heavy atom. The van der Waals surface area contributed by atoms with Crippen LogP contribution in [0.4, 0.5) is 0 Å². The first-order chi connectivity index (χ1) is 7.20. The Bertz CT molecular complexity index is 209. The van der Waals surface area contributed by atoms with Crippen molar-refractivity contribution < 1.29 is 14.3 Å². The normalized spacial score (nSPS) is 9.67. The molecule has 0 saturated heterocycles. The monoisotopic (exact) mass is 212 g/mol. The molecule has 3 nitrogen and oxygen atoms in total. The summed E-state index contributed by atoms with van der Waals surface area (Å²) in [6, 6.07) is 0. The second-order valence-electron chi connectivity index (χ2n) is 3.50. The predicted molar refractivity (Wildman–Crippen MR) is 59.5 cm³/mol. The van der Waals surface area contributed by atoms with Gasteiger partial charge in [-0.05, 0) is 6.42 Å². The largest absolute Gasteiger partial charge is 0.461 e. The van der Waals surface area contributed by atoms with Crippen LogP contribution in [-0.2, 0) is 14.3 Å². The van der Waals surface area contributed by atoms with E-state index in [1.165, 1.54) is 6.08 Å². The molecule has 0 fully saturated rings. The van der Waals surface area contributed by atoms with Crippen LogP contribution in [0, 0.1) is 0 Å². The molecule has 0 amide bonds. The lowest BCUT2D eigenvalue weighted by molar-refractivity contribution is -0.144. The molecule has 0 aromatic heterocycles. The molecule has 0 aliphatic heterocycles. The molecule has 0 heterocycles. The highest BCUT2D eigenvalue weighted by molar-refractivity contribution is 5.95. The van der Waals surface area contributed by atoms with Crippen molar-refractivity contribution in [1.82, 2.24) is 0 Å². The van der Waals surface area contributed by atoms with Gasteiger partial charge in [-0.25, -0.2) is 0 Å². The molecule has 0 atom stereocenters. The maximum atomic E-state index is 11.3. The van der Waals surface area contributed by atoms with Gasteiger partial charge in [0.05, 0.1) is 0 Å². The fourth-order valence-corrected chi connectivity index (χ4v) is 1.20. The van der Waals surface area contributed by atoms with Gasteiger partial charge in [-0.1, -0.05) is 38.8 Å². The average molecular weight is 212 g/mol. The van der Waals surface area contributed by atoms with E-state index in [-0.39, 0.29) is 18.8 Å². The standard InChI is InChI=1S/C12H20O3/c1-3-5-6-7-8-11(13)10-12(14)15-9-4-2/h4H,2-3,5-10H2,1H3. The fraction of sp³-hybridized carbons (Fsp3) is 0.667. The van der Waals surface area contributed by atoms with Gasteiger partial charge in [0, 0.05) is 6.42 Å². The van der Waals surface area contributed by atoms with Crippen molar-refractivity contribution in [2.75, 3.05) is 6.61 Å². The molecule has 0 aliphatic rings. The van der Waals surface area contributed by atoms with E-state index in [2.05, 4.69) is 13.5 Å². The van der Waals surface area contributed by atoms with Crippen molar-refractivity contribution in [3.63, 3.8) is 0 Å². The van der Waals surface area contributed by atoms with Crippen LogP contribution >= 0.6 is 0 Å². The highest BCUT2D eigenvalue weighted by Gasteiger charge is 2.09. The van der Waals surface area contributed by atoms with Gasteiger partial charge in [0.1, 0.15) is 18.8 Å². The number of esters is 1. The number of hydrogen-bond acceptors (Lipinski definition) is 3. The first-order valence-corrected chi connectivity index (χ1v) is 5.49. The average Bonchev–Trinajstić information content (AvgIpc) is 2.21. The lowest BCUT2D eigenvalue weighted by Gasteiger charge is -2.01. The number of rotatable bonds is 9. The molecule has 0 aromatic carbocycles. The Labute approximate surface area is 91.5 Å². The Hall–Kier alpha value is -1.12. The summed E-state index contributed by atoms with van der Waals surface area (Å²) < 4.78 is 4.71. The first kappa shape index (κ1) is 13.9. The quantitative estimate of drug-likeness (QED) is 0.255. The summed E-state index contributed by atoms with van der Waals surface area (Å²) in [6.45, 7) is 5.72. The molecule has 86 valence electrons. The molecule has 0 spiro atoms. The van der Waals surface area contributed by atoms with E-state index >= 15 is 0 Å². The van der Waals surface area contributed by atoms with Gasteiger partial charge in [-0.3, -0.25) is 9.59 Å². The fourth-order valence-electron chi connectivity index (χ4n) is 1.20. The van der Waals surface area contributed by atoms with E-state index in [1.54, 1.807) is 0 Å². The van der Waals surface area contributed by atoms with Crippen LogP contribution in [0.5, 0.6) is 0 Å². The lowest BCUT2D eigenvalue weighted by atomic mass is 10.1. The maximum absolute atomic E-state index is 11.3. The molecule has 0 rings (SSSR count). The topological polar surface area (TPSA) is 43.4 Å². The highest BCUT2D eigenvalue weighted by atomic mass is 16.5. The van der Waals surface area contributed by atoms with Gasteiger partial charge in [0.25, 0.3) is 0 Å². The third-order valence-electron chi connectivity index (χ3n) is 2.01. The van der Waals surface area contributed by atoms with Crippen molar-refractivity contribution in [1.29, 1.82) is 0 Å². The van der Waals surface area contributed by atoms with Crippen molar-refractivity contribution in [2.24, 2.45) is 0 Å². The van der Waals surface area contributed by atoms with E-state index in [1.807, 2.05) is 0 Å². The summed E-state index contributed by atoms with van der Waals surface area (Å²) >= 11 is 0. The van der Waals surface area contributed by atoms with Gasteiger partial charge >= 0.3 is 5.97 Å². The van der Waals surface area contributed by atoms with Crippen LogP contribution in [0.2, 0.25) is 0 Å². The summed E-state index contributed by atoms with van der Waals surface area (Å²) in [4.78, 5) is 22.3. The van der Waals surface area contributed by atoms with Crippen molar-refractivity contribution in [3.8, 4) is 0 Å². The second-order valence-corrected chi connectivity index (χ2v) is 3.50. The summed E-state index contributed by atoms with van der Waals surface area (Å²) in [5.74, 6) is -0.476. The molecule has 0 aliphatic carbocycles. The maximum Gasteiger partial charge on any atom is 0.313 e. The van der Waals surface area contributed by atoms with Gasteiger partial charge < -0.3 is 4.74 Å². The minimum atomic E-state index is -0.449. The first-order valence-electron chi connectivity index (χ1n) is 5.49. The van der Waals surface area contributed by atoms with E-state index < -0.39 is 5.97 Å². The smallest absolute Gasteiger partial charge is 0.313 e. The van der Waals surface area contributed by atoms with Gasteiger partial charge in [-0.2, -0.15) is 0 Å². The van der Waals surface area contributed by atoms with Crippen LogP contribution < -0.4 is 0 Å². The molecule has 3 heteroatoms. The molecule has 0 radical (unpaired) electrons. The zero-order chi connectivity index (χ0) is 11.5. The Morgan fingerprint density at radius 1 is 1.27 bits per heavy atom. The minimum Gasteiger partial charge on any atom is -0.461 e. The number of unbranched alkanes of at least 4 members (excludes halogenated alkanes) is 3. The molecule has 0 bridgehead atoms. The highest BCUT2D eigenvalue weighted by Crippen LogP contribution is 2.04. The SMILES string of the molecule is C=CCOC(=O)CC(=O)CCCCCC. The summed E-state index contributed by atoms with van der Waals surface area (Å²) in [7, 11) is 0. The third kappa shape index (κ3) is 9.19. The van der Waals surface area contributed by atoms with E-state index in [9.17, 15) is 9.59 Å². The Morgan fingerprint density at radius 2 is 2.00 bits per heavy atom. The van der Waals surface area contributed by atoms with Gasteiger partial charge in [0.2, 0.25) is 0 Å². The molecule has 0 unspecified atom stereocenters. The zero-order valence-corrected chi connectivity index (χ0v) is 9.46. The van der Waals surface area contributed by atoms with E-state index in [0.717, 1.165) is 25.7 Å². The summed E-state index contributed by atoms with van der Waals surface area (Å²) in [6.07, 6.45) is 6.11. The second kappa shape index (κ2) is 9.44. The number of hydrogen-bond donors (Lipinski definition) is 0. The van der Waals surface area contributed by atoms with Crippen LogP contribution in [-0.4, -0.2) is 18.4 Å². The number of ether oxygens (including phenoxy) is 1. The Kier molecular flexibility index (Phi) is 8.73. The van der Waals surface area contributed by atoms with Crippen molar-refractivity contribution >= 4 is 11.8 Å². The number of ketones is 1. The van der Waals surface area contributed by atoms with Gasteiger partial charge in [0.15, 0.2) is 0 Å². The summed E-state index contributed by atoms with van der Waals surface area (Å²) in [5.41, 5.74) is 0. The van der Waals surface area contributed by atoms with Crippen LogP contribution in [0.15, 0.2) is 12.7 Å². The molecular weight excluding hydrogens is 192 g/mol. The van der Waals surface area contributed by atoms with Crippen LogP contribution in [0.1, 0.15) is 45.4 Å². The number of carbonyl (C=O) groups excluding carboxylic acids is 2. The minimum absolute atomic E-state index is 0.0276. The van der Waals surface area contributed by atoms with Crippen molar-refractivity contribution in [3.05, 3.63) is 12.7 Å². The van der Waals surface area contributed by atoms with Crippen LogP contribution in [0.25, 0.3) is 0 Å². The predicted octanol–water partition coefficient (Wildman–Crippen LogP) is 2.65. The summed E-state index contributed by atoms with van der Waals surface area (Å²) in [5, 5.41) is 0. The lowest BCUT2D eigenvalue weighted by Crippen LogP contribution is -2.11. The molecular formula is C12H20O3. The van der Waals surface area contributed by atoms with E-state index in [0.29, 0.717) is 6.42 Å². The molecule has 15 heavy (non-hydrogen) atoms. The third-order valence-corrected chi connectivity index (χ3v) is 2.01. The number of carbonyl (C=O) groups is 2. The number of Topliss-reactive ketones (excluding diaryl/α,β-unsaturated/α-hetero) is 1. The van der Waals surface area contributed by atoms with E-state index in [4.69, 9.17) is 4.74 Å². The van der Waals surface area contributed by atoms with Crippen LogP contribution in [0.3, 0.4) is 0 Å². The molecule has 0 saturated carbocycles. The van der Waals surface area contributed by atoms with Gasteiger partial charge in [-0.15, -0.1) is 0 Å². The molecule has 0 aromatic rings. The molecule has 0 N–H and O–H groups in total. The van der Waals surface area contributed by atoms with Crippen molar-refractivity contribution in [2.45, 2.75) is 45.4 Å². The Balaban J connectivity index is 3.46.